The lowest BCUT2D eigenvalue weighted by atomic mass is 9.91. The number of hydrogen-bond acceptors (Lipinski definition) is 3. The molecule has 2 nitrogen and oxygen atoms in total. The molecule has 1 aromatic heterocycles. The van der Waals surface area contributed by atoms with Crippen LogP contribution in [0.3, 0.4) is 0 Å². The highest BCUT2D eigenvalue weighted by Gasteiger charge is 2.25. The molecule has 0 aliphatic rings. The molecule has 0 unspecified atom stereocenters. The summed E-state index contributed by atoms with van der Waals surface area (Å²) >= 11 is 1.87. The van der Waals surface area contributed by atoms with Gasteiger partial charge in [0, 0.05) is 60.1 Å². The zero-order valence-corrected chi connectivity index (χ0v) is 36.3. The van der Waals surface area contributed by atoms with Gasteiger partial charge in [0.05, 0.1) is 5.69 Å². The van der Waals surface area contributed by atoms with E-state index in [9.17, 15) is 0 Å². The molecule has 64 heavy (non-hydrogen) atoms. The molecule has 0 aliphatic carbocycles. The second kappa shape index (κ2) is 17.1. The van der Waals surface area contributed by atoms with E-state index in [-0.39, 0.29) is 0 Å². The second-order valence-electron chi connectivity index (χ2n) is 16.2. The molecule has 11 aromatic rings. The molecule has 1 heterocycles. The van der Waals surface area contributed by atoms with E-state index in [1.165, 1.54) is 75.9 Å². The molecular formula is C61H44N2S. The minimum Gasteiger partial charge on any atom is -0.311 e. The first kappa shape index (κ1) is 38.9. The fourth-order valence-corrected chi connectivity index (χ4v) is 10.5. The quantitative estimate of drug-likeness (QED) is 0.127. The molecule has 0 fully saturated rings. The van der Waals surface area contributed by atoms with Crippen LogP contribution in [0.4, 0.5) is 34.1 Å². The van der Waals surface area contributed by atoms with Gasteiger partial charge in [-0.25, -0.2) is 0 Å². The van der Waals surface area contributed by atoms with Gasteiger partial charge in [-0.2, -0.15) is 0 Å². The van der Waals surface area contributed by atoms with Gasteiger partial charge >= 0.3 is 0 Å². The van der Waals surface area contributed by atoms with Crippen LogP contribution < -0.4 is 9.80 Å². The number of fused-ring (bicyclic) bond motifs is 2. The van der Waals surface area contributed by atoms with Gasteiger partial charge < -0.3 is 9.80 Å². The Morgan fingerprint density at radius 2 is 0.688 bits per heavy atom. The van der Waals surface area contributed by atoms with Crippen LogP contribution in [0.2, 0.25) is 0 Å². The van der Waals surface area contributed by atoms with E-state index in [0.29, 0.717) is 0 Å². The topological polar surface area (TPSA) is 6.48 Å². The Morgan fingerprint density at radius 3 is 1.16 bits per heavy atom. The van der Waals surface area contributed by atoms with Crippen molar-refractivity contribution in [1.29, 1.82) is 0 Å². The number of rotatable bonds is 10. The van der Waals surface area contributed by atoms with Crippen LogP contribution in [-0.2, 0) is 0 Å². The van der Waals surface area contributed by atoms with Crippen LogP contribution >= 0.6 is 11.3 Å². The monoisotopic (exact) mass is 836 g/mol. The molecule has 0 atom stereocenters. The van der Waals surface area contributed by atoms with Crippen molar-refractivity contribution in [3.63, 3.8) is 0 Å². The second-order valence-corrected chi connectivity index (χ2v) is 17.2. The number of anilines is 6. The van der Waals surface area contributed by atoms with Crippen molar-refractivity contribution >= 4 is 67.0 Å². The maximum absolute atomic E-state index is 2.45. The maximum Gasteiger partial charge on any atom is 0.0618 e. The van der Waals surface area contributed by atoms with Crippen molar-refractivity contribution in [3.8, 4) is 43.1 Å². The average Bonchev–Trinajstić information content (AvgIpc) is 3.76. The highest BCUT2D eigenvalue weighted by molar-refractivity contribution is 7.20. The largest absolute Gasteiger partial charge is 0.311 e. The van der Waals surface area contributed by atoms with Gasteiger partial charge in [0.2, 0.25) is 0 Å². The Labute approximate surface area is 379 Å². The highest BCUT2D eigenvalue weighted by atomic mass is 32.1. The van der Waals surface area contributed by atoms with E-state index in [1.54, 1.807) is 0 Å². The fourth-order valence-electron chi connectivity index (χ4n) is 9.13. The van der Waals surface area contributed by atoms with E-state index >= 15 is 0 Å². The van der Waals surface area contributed by atoms with Crippen LogP contribution in [0.25, 0.3) is 64.7 Å². The minimum absolute atomic E-state index is 1.11. The summed E-state index contributed by atoms with van der Waals surface area (Å²) < 4.78 is 0. The van der Waals surface area contributed by atoms with Gasteiger partial charge in [-0.05, 0) is 112 Å². The van der Waals surface area contributed by atoms with E-state index in [1.807, 2.05) is 11.3 Å². The molecule has 0 aliphatic heterocycles. The standard InChI is InChI=1S/C61H44N2S/c1-43-19-18-30-54(41-43)63(59-55-31-16-14-24-48(55)42-49-25-15-17-32-56(49)59)53-39-35-47(36-40-53)61-58(45-22-8-3-9-23-45)57(44-20-6-2-7-21-44)60(64-61)46-33-37-52(38-34-46)62(50-26-10-4-11-27-50)51-28-12-5-13-29-51/h2-42H,1H3. The smallest absolute Gasteiger partial charge is 0.0618 e. The summed E-state index contributed by atoms with van der Waals surface area (Å²) in [6.07, 6.45) is 0. The zero-order chi connectivity index (χ0) is 42.8. The molecule has 10 aromatic carbocycles. The van der Waals surface area contributed by atoms with Gasteiger partial charge in [-0.1, -0.05) is 182 Å². The van der Waals surface area contributed by atoms with E-state index in [2.05, 4.69) is 265 Å². The van der Waals surface area contributed by atoms with Gasteiger partial charge in [0.25, 0.3) is 0 Å². The summed E-state index contributed by atoms with van der Waals surface area (Å²) in [5, 5.41) is 4.88. The third-order valence-electron chi connectivity index (χ3n) is 12.1. The van der Waals surface area contributed by atoms with Crippen LogP contribution in [0.1, 0.15) is 5.56 Å². The highest BCUT2D eigenvalue weighted by Crippen LogP contribution is 2.53. The van der Waals surface area contributed by atoms with Gasteiger partial charge in [-0.15, -0.1) is 11.3 Å². The van der Waals surface area contributed by atoms with Crippen LogP contribution in [0.15, 0.2) is 249 Å². The van der Waals surface area contributed by atoms with Gasteiger partial charge in [0.15, 0.2) is 0 Å². The Morgan fingerprint density at radius 1 is 0.297 bits per heavy atom. The van der Waals surface area contributed by atoms with Crippen molar-refractivity contribution in [2.45, 2.75) is 6.92 Å². The summed E-state index contributed by atoms with van der Waals surface area (Å²) in [5.41, 5.74) is 15.2. The van der Waals surface area contributed by atoms with Crippen molar-refractivity contribution < 1.29 is 0 Å². The van der Waals surface area contributed by atoms with Gasteiger partial charge in [0.1, 0.15) is 0 Å². The van der Waals surface area contributed by atoms with Gasteiger partial charge in [-0.3, -0.25) is 0 Å². The average molecular weight is 837 g/mol. The van der Waals surface area contributed by atoms with Crippen LogP contribution in [0.5, 0.6) is 0 Å². The molecule has 0 saturated carbocycles. The predicted octanol–water partition coefficient (Wildman–Crippen LogP) is 18.0. The molecule has 0 bridgehead atoms. The number of aryl methyl sites for hydroxylation is 1. The molecule has 11 rings (SSSR count). The van der Waals surface area contributed by atoms with Crippen LogP contribution in [-0.4, -0.2) is 0 Å². The molecule has 0 N–H and O–H groups in total. The fraction of sp³-hybridized carbons (Fsp3) is 0.0164. The molecule has 0 radical (unpaired) electrons. The molecule has 304 valence electrons. The lowest BCUT2D eigenvalue weighted by molar-refractivity contribution is 1.28. The van der Waals surface area contributed by atoms with E-state index < -0.39 is 0 Å². The summed E-state index contributed by atoms with van der Waals surface area (Å²) in [6, 6.07) is 90.1. The SMILES string of the molecule is Cc1cccc(N(c2ccc(-c3sc(-c4ccc(N(c5ccccc5)c5ccccc5)cc4)c(-c4ccccc4)c3-c3ccccc3)cc2)c2c3ccccc3cc3ccccc23)c1. The molecule has 3 heteroatoms. The van der Waals surface area contributed by atoms with Crippen molar-refractivity contribution in [1.82, 2.24) is 0 Å². The van der Waals surface area contributed by atoms with Crippen molar-refractivity contribution in [3.05, 3.63) is 254 Å². The predicted molar refractivity (Wildman–Crippen MR) is 275 cm³/mol. The number of nitrogens with zero attached hydrogens (tertiary/aromatic N) is 2. The number of para-hydroxylation sites is 2. The summed E-state index contributed by atoms with van der Waals surface area (Å²) in [7, 11) is 0. The first-order valence-corrected chi connectivity index (χ1v) is 22.7. The molecule has 0 saturated heterocycles. The van der Waals surface area contributed by atoms with Crippen LogP contribution in [0, 0.1) is 6.92 Å². The first-order valence-electron chi connectivity index (χ1n) is 21.8. The Kier molecular flexibility index (Phi) is 10.4. The summed E-state index contributed by atoms with van der Waals surface area (Å²) in [4.78, 5) is 7.25. The Balaban J connectivity index is 1.08. The van der Waals surface area contributed by atoms with E-state index in [4.69, 9.17) is 0 Å². The molecule has 0 spiro atoms. The lowest BCUT2D eigenvalue weighted by Gasteiger charge is -2.29. The minimum atomic E-state index is 1.11. The Bertz CT molecular complexity index is 3270. The normalized spacial score (nSPS) is 11.2. The molecule has 0 amide bonds. The third-order valence-corrected chi connectivity index (χ3v) is 13.4. The third kappa shape index (κ3) is 7.32. The zero-order valence-electron chi connectivity index (χ0n) is 35.5. The Hall–Kier alpha value is -7.98. The summed E-state index contributed by atoms with van der Waals surface area (Å²) in [6.45, 7) is 2.17. The van der Waals surface area contributed by atoms with E-state index in [0.717, 1.165) is 28.4 Å². The van der Waals surface area contributed by atoms with Crippen molar-refractivity contribution in [2.75, 3.05) is 9.80 Å². The maximum atomic E-state index is 2.45. The summed E-state index contributed by atoms with van der Waals surface area (Å²) in [5.74, 6) is 0. The number of thiophene rings is 1. The first-order chi connectivity index (χ1) is 31.7. The lowest BCUT2D eigenvalue weighted by Crippen LogP contribution is -2.11. The number of benzene rings is 10. The number of hydrogen-bond donors (Lipinski definition) is 0. The molecular weight excluding hydrogens is 793 g/mol. The van der Waals surface area contributed by atoms with Crippen molar-refractivity contribution in [2.24, 2.45) is 0 Å².